The topological polar surface area (TPSA) is 63.3 Å². The highest BCUT2D eigenvalue weighted by Gasteiger charge is 2.18. The van der Waals surface area contributed by atoms with Crippen LogP contribution in [0.2, 0.25) is 0 Å². The number of hydrogen-bond donors (Lipinski definition) is 1. The molecule has 3 aromatic heterocycles. The lowest BCUT2D eigenvalue weighted by Crippen LogP contribution is -2.38. The summed E-state index contributed by atoms with van der Waals surface area (Å²) < 4.78 is 7.46. The van der Waals surface area contributed by atoms with Crippen LogP contribution in [0.1, 0.15) is 33.2 Å². The number of nitrogens with zero attached hydrogens (tertiary/aromatic N) is 3. The lowest BCUT2D eigenvalue weighted by Gasteiger charge is -2.21. The summed E-state index contributed by atoms with van der Waals surface area (Å²) in [6.07, 6.45) is 1.63. The minimum Gasteiger partial charge on any atom is -0.467 e. The molecule has 160 valence electrons. The van der Waals surface area contributed by atoms with Gasteiger partial charge >= 0.3 is 6.03 Å². The quantitative estimate of drug-likeness (QED) is 0.419. The van der Waals surface area contributed by atoms with Crippen LogP contribution in [0.25, 0.3) is 0 Å². The van der Waals surface area contributed by atoms with E-state index in [-0.39, 0.29) is 6.03 Å². The third-order valence-corrected chi connectivity index (χ3v) is 6.12. The highest BCUT2D eigenvalue weighted by Crippen LogP contribution is 2.17. The van der Waals surface area contributed by atoms with Gasteiger partial charge in [0.2, 0.25) is 0 Å². The highest BCUT2D eigenvalue weighted by molar-refractivity contribution is 7.09. The maximum absolute atomic E-state index is 13.0. The highest BCUT2D eigenvalue weighted by atomic mass is 32.1. The van der Waals surface area contributed by atoms with Crippen molar-refractivity contribution in [2.24, 2.45) is 0 Å². The van der Waals surface area contributed by atoms with Crippen LogP contribution in [0, 0.1) is 13.8 Å². The number of urea groups is 1. The molecule has 0 atom stereocenters. The molecule has 6 nitrogen and oxygen atoms in total. The molecule has 0 saturated carbocycles. The van der Waals surface area contributed by atoms with Crippen LogP contribution in [0.15, 0.2) is 70.7 Å². The van der Waals surface area contributed by atoms with Gasteiger partial charge in [-0.05, 0) is 43.0 Å². The summed E-state index contributed by atoms with van der Waals surface area (Å²) in [4.78, 5) is 15.9. The van der Waals surface area contributed by atoms with Gasteiger partial charge in [-0.15, -0.1) is 11.3 Å². The normalized spacial score (nSPS) is 10.9. The number of amides is 2. The average molecular weight is 435 g/mol. The number of carbonyl (C=O) groups is 1. The van der Waals surface area contributed by atoms with Crippen molar-refractivity contribution in [2.45, 2.75) is 40.0 Å². The van der Waals surface area contributed by atoms with E-state index in [0.717, 1.165) is 27.6 Å². The first kappa shape index (κ1) is 20.9. The molecule has 31 heavy (non-hydrogen) atoms. The molecule has 0 spiro atoms. The predicted octanol–water partition coefficient (Wildman–Crippen LogP) is 5.11. The molecule has 0 saturated heterocycles. The van der Waals surface area contributed by atoms with Gasteiger partial charge < -0.3 is 14.6 Å². The molecule has 3 heterocycles. The number of benzene rings is 1. The van der Waals surface area contributed by atoms with Gasteiger partial charge in [-0.3, -0.25) is 4.68 Å². The standard InChI is InChI=1S/C24H26N4O2S/c1-18-23(19(2)28(26-18)15-20-8-4-3-5-9-20)14-25-24(29)27(16-21-10-6-12-30-21)17-22-11-7-13-31-22/h3-13H,14-17H2,1-2H3,(H,25,29). The Bertz CT molecular complexity index is 1070. The van der Waals surface area contributed by atoms with Crippen molar-refractivity contribution < 1.29 is 9.21 Å². The number of furan rings is 1. The molecule has 7 heteroatoms. The van der Waals surface area contributed by atoms with Crippen LogP contribution in [0.3, 0.4) is 0 Å². The van der Waals surface area contributed by atoms with E-state index >= 15 is 0 Å². The first-order valence-electron chi connectivity index (χ1n) is 10.2. The number of aromatic nitrogens is 2. The largest absolute Gasteiger partial charge is 0.467 e. The lowest BCUT2D eigenvalue weighted by atomic mass is 10.2. The Balaban J connectivity index is 1.44. The third-order valence-electron chi connectivity index (χ3n) is 5.26. The van der Waals surface area contributed by atoms with Crippen LogP contribution in [0.5, 0.6) is 0 Å². The van der Waals surface area contributed by atoms with Crippen molar-refractivity contribution in [3.63, 3.8) is 0 Å². The summed E-state index contributed by atoms with van der Waals surface area (Å²) in [5.41, 5.74) is 4.25. The summed E-state index contributed by atoms with van der Waals surface area (Å²) in [6, 6.07) is 17.9. The van der Waals surface area contributed by atoms with Gasteiger partial charge in [-0.1, -0.05) is 36.4 Å². The lowest BCUT2D eigenvalue weighted by molar-refractivity contribution is 0.187. The fourth-order valence-electron chi connectivity index (χ4n) is 3.56. The molecule has 1 aromatic carbocycles. The fourth-order valence-corrected chi connectivity index (χ4v) is 4.28. The minimum atomic E-state index is -0.126. The van der Waals surface area contributed by atoms with Crippen LogP contribution < -0.4 is 5.32 Å². The molecule has 0 aliphatic carbocycles. The maximum atomic E-state index is 13.0. The monoisotopic (exact) mass is 434 g/mol. The molecule has 0 aliphatic rings. The second-order valence-corrected chi connectivity index (χ2v) is 8.50. The van der Waals surface area contributed by atoms with Crippen molar-refractivity contribution in [2.75, 3.05) is 0 Å². The number of rotatable bonds is 8. The van der Waals surface area contributed by atoms with Gasteiger partial charge in [0, 0.05) is 22.7 Å². The van der Waals surface area contributed by atoms with Crippen molar-refractivity contribution in [3.05, 3.63) is 99.4 Å². The molecule has 0 aliphatic heterocycles. The van der Waals surface area contributed by atoms with Crippen molar-refractivity contribution in [1.29, 1.82) is 0 Å². The van der Waals surface area contributed by atoms with Gasteiger partial charge in [0.15, 0.2) is 0 Å². The number of carbonyl (C=O) groups excluding carboxylic acids is 1. The van der Waals surface area contributed by atoms with E-state index in [2.05, 4.69) is 29.5 Å². The Morgan fingerprint density at radius 3 is 2.65 bits per heavy atom. The SMILES string of the molecule is Cc1nn(Cc2ccccc2)c(C)c1CNC(=O)N(Cc1ccco1)Cc1cccs1. The minimum absolute atomic E-state index is 0.126. The van der Waals surface area contributed by atoms with E-state index < -0.39 is 0 Å². The van der Waals surface area contributed by atoms with Crippen LogP contribution >= 0.6 is 11.3 Å². The van der Waals surface area contributed by atoms with Crippen molar-refractivity contribution in [3.8, 4) is 0 Å². The summed E-state index contributed by atoms with van der Waals surface area (Å²) >= 11 is 1.64. The Kier molecular flexibility index (Phi) is 6.52. The van der Waals surface area contributed by atoms with Gasteiger partial charge in [-0.25, -0.2) is 4.79 Å². The van der Waals surface area contributed by atoms with E-state index in [1.807, 2.05) is 59.5 Å². The molecule has 4 aromatic rings. The van der Waals surface area contributed by atoms with Gasteiger partial charge in [0.05, 0.1) is 31.6 Å². The van der Waals surface area contributed by atoms with Gasteiger partial charge in [0.1, 0.15) is 5.76 Å². The Morgan fingerprint density at radius 1 is 1.10 bits per heavy atom. The molecule has 0 bridgehead atoms. The molecule has 0 unspecified atom stereocenters. The van der Waals surface area contributed by atoms with E-state index in [9.17, 15) is 4.79 Å². The smallest absolute Gasteiger partial charge is 0.318 e. The number of thiophene rings is 1. The molecular weight excluding hydrogens is 408 g/mol. The van der Waals surface area contributed by atoms with Gasteiger partial charge in [-0.2, -0.15) is 5.10 Å². The first-order chi connectivity index (χ1) is 15.1. The summed E-state index contributed by atoms with van der Waals surface area (Å²) in [5, 5.41) is 9.79. The van der Waals surface area contributed by atoms with Crippen molar-refractivity contribution in [1.82, 2.24) is 20.0 Å². The molecule has 0 fully saturated rings. The Labute approximate surface area is 186 Å². The number of hydrogen-bond acceptors (Lipinski definition) is 4. The Morgan fingerprint density at radius 2 is 1.94 bits per heavy atom. The summed E-state index contributed by atoms with van der Waals surface area (Å²) in [5.74, 6) is 0.759. The second-order valence-electron chi connectivity index (χ2n) is 7.47. The molecule has 4 rings (SSSR count). The zero-order chi connectivity index (χ0) is 21.6. The van der Waals surface area contributed by atoms with E-state index in [0.29, 0.717) is 26.2 Å². The molecular formula is C24H26N4O2S. The second kappa shape index (κ2) is 9.66. The van der Waals surface area contributed by atoms with E-state index in [1.54, 1.807) is 22.5 Å². The van der Waals surface area contributed by atoms with Crippen LogP contribution in [-0.4, -0.2) is 20.7 Å². The summed E-state index contributed by atoms with van der Waals surface area (Å²) in [7, 11) is 0. The predicted molar refractivity (Wildman–Crippen MR) is 122 cm³/mol. The maximum Gasteiger partial charge on any atom is 0.318 e. The Hall–Kier alpha value is -3.32. The van der Waals surface area contributed by atoms with Gasteiger partial charge in [0.25, 0.3) is 0 Å². The zero-order valence-electron chi connectivity index (χ0n) is 17.7. The summed E-state index contributed by atoms with van der Waals surface area (Å²) in [6.45, 7) is 6.14. The zero-order valence-corrected chi connectivity index (χ0v) is 18.6. The first-order valence-corrected chi connectivity index (χ1v) is 11.1. The fraction of sp³-hybridized carbons (Fsp3) is 0.250. The molecule has 0 radical (unpaired) electrons. The van der Waals surface area contributed by atoms with Crippen LogP contribution in [0.4, 0.5) is 4.79 Å². The van der Waals surface area contributed by atoms with E-state index in [1.165, 1.54) is 5.56 Å². The van der Waals surface area contributed by atoms with Crippen molar-refractivity contribution >= 4 is 17.4 Å². The number of nitrogens with one attached hydrogen (secondary N) is 1. The molecule has 2 amide bonds. The average Bonchev–Trinajstić information content (AvgIpc) is 3.51. The van der Waals surface area contributed by atoms with E-state index in [4.69, 9.17) is 4.42 Å². The third kappa shape index (κ3) is 5.24. The molecule has 1 N–H and O–H groups in total. The number of aryl methyl sites for hydroxylation is 1. The van der Waals surface area contributed by atoms with Crippen LogP contribution in [-0.2, 0) is 26.2 Å².